The van der Waals surface area contributed by atoms with Crippen LogP contribution in [0.3, 0.4) is 0 Å². The van der Waals surface area contributed by atoms with Gasteiger partial charge in [-0.25, -0.2) is 9.48 Å². The monoisotopic (exact) mass is 170 g/mol. The number of nitrogens with zero attached hydrogens (tertiary/aromatic N) is 1. The molecular formula is C7H10N2O3. The molecule has 1 heterocycles. The van der Waals surface area contributed by atoms with Crippen LogP contribution in [0.15, 0.2) is 10.9 Å². The van der Waals surface area contributed by atoms with Gasteiger partial charge < -0.3 is 5.11 Å². The third-order valence-electron chi connectivity index (χ3n) is 1.49. The summed E-state index contributed by atoms with van der Waals surface area (Å²) in [5.74, 6) is -1.12. The molecule has 5 heteroatoms. The minimum absolute atomic E-state index is 0.0504. The van der Waals surface area contributed by atoms with E-state index in [1.165, 1.54) is 4.68 Å². The fourth-order valence-electron chi connectivity index (χ4n) is 0.903. The first kappa shape index (κ1) is 8.58. The van der Waals surface area contributed by atoms with Crippen molar-refractivity contribution in [3.63, 3.8) is 0 Å². The second kappa shape index (κ2) is 2.84. The minimum Gasteiger partial charge on any atom is -0.477 e. The van der Waals surface area contributed by atoms with Gasteiger partial charge in [-0.3, -0.25) is 9.89 Å². The van der Waals surface area contributed by atoms with Crippen molar-refractivity contribution < 1.29 is 9.90 Å². The van der Waals surface area contributed by atoms with Crippen molar-refractivity contribution in [3.8, 4) is 0 Å². The van der Waals surface area contributed by atoms with Crippen LogP contribution in [-0.4, -0.2) is 20.9 Å². The SMILES string of the molecule is CC(C)n1[nH]c(C(=O)O)cc1=O. The number of aromatic carboxylic acids is 1. The highest BCUT2D eigenvalue weighted by Crippen LogP contribution is 1.98. The summed E-state index contributed by atoms with van der Waals surface area (Å²) in [6.45, 7) is 3.59. The van der Waals surface area contributed by atoms with E-state index in [0.717, 1.165) is 6.07 Å². The standard InChI is InChI=1S/C7H10N2O3/c1-4(2)9-6(10)3-5(8-9)7(11)12/h3-4,8H,1-2H3,(H,11,12). The van der Waals surface area contributed by atoms with Crippen LogP contribution in [0.5, 0.6) is 0 Å². The first-order valence-corrected chi connectivity index (χ1v) is 3.57. The molecule has 0 aliphatic rings. The zero-order valence-electron chi connectivity index (χ0n) is 6.87. The van der Waals surface area contributed by atoms with Crippen molar-refractivity contribution in [1.82, 2.24) is 9.78 Å². The second-order valence-electron chi connectivity index (χ2n) is 2.78. The number of aromatic nitrogens is 2. The van der Waals surface area contributed by atoms with Crippen LogP contribution in [0.2, 0.25) is 0 Å². The lowest BCUT2D eigenvalue weighted by molar-refractivity contribution is 0.0689. The normalized spacial score (nSPS) is 10.6. The second-order valence-corrected chi connectivity index (χ2v) is 2.78. The first-order valence-electron chi connectivity index (χ1n) is 3.57. The number of H-pyrrole nitrogens is 1. The number of carboxylic acids is 1. The van der Waals surface area contributed by atoms with Crippen LogP contribution >= 0.6 is 0 Å². The van der Waals surface area contributed by atoms with E-state index < -0.39 is 5.97 Å². The Morgan fingerprint density at radius 1 is 1.67 bits per heavy atom. The Bertz CT molecular complexity index is 348. The molecule has 0 aliphatic heterocycles. The lowest BCUT2D eigenvalue weighted by Crippen LogP contribution is -2.17. The molecule has 0 atom stereocenters. The van der Waals surface area contributed by atoms with Crippen LogP contribution < -0.4 is 5.56 Å². The largest absolute Gasteiger partial charge is 0.477 e. The van der Waals surface area contributed by atoms with Gasteiger partial charge in [-0.05, 0) is 13.8 Å². The number of carbonyl (C=O) groups is 1. The van der Waals surface area contributed by atoms with Crippen molar-refractivity contribution in [3.05, 3.63) is 22.1 Å². The van der Waals surface area contributed by atoms with E-state index in [-0.39, 0.29) is 17.3 Å². The Hall–Kier alpha value is -1.52. The summed E-state index contributed by atoms with van der Waals surface area (Å²) in [4.78, 5) is 21.5. The van der Waals surface area contributed by atoms with Crippen LogP contribution in [-0.2, 0) is 0 Å². The van der Waals surface area contributed by atoms with Crippen molar-refractivity contribution >= 4 is 5.97 Å². The Morgan fingerprint density at radius 3 is 2.50 bits per heavy atom. The van der Waals surface area contributed by atoms with E-state index >= 15 is 0 Å². The lowest BCUT2D eigenvalue weighted by Gasteiger charge is -2.03. The third-order valence-corrected chi connectivity index (χ3v) is 1.49. The molecule has 0 radical (unpaired) electrons. The molecule has 0 bridgehead atoms. The average molecular weight is 170 g/mol. The van der Waals surface area contributed by atoms with Crippen LogP contribution in [0.25, 0.3) is 0 Å². The molecule has 1 rings (SSSR count). The summed E-state index contributed by atoms with van der Waals surface area (Å²) >= 11 is 0. The van der Waals surface area contributed by atoms with Gasteiger partial charge in [-0.1, -0.05) is 0 Å². The maximum atomic E-state index is 11.1. The van der Waals surface area contributed by atoms with Gasteiger partial charge in [0.2, 0.25) is 0 Å². The van der Waals surface area contributed by atoms with Crippen LogP contribution in [0, 0.1) is 0 Å². The van der Waals surface area contributed by atoms with Crippen LogP contribution in [0.4, 0.5) is 0 Å². The van der Waals surface area contributed by atoms with E-state index in [0.29, 0.717) is 0 Å². The van der Waals surface area contributed by atoms with Crippen molar-refractivity contribution in [2.75, 3.05) is 0 Å². The van der Waals surface area contributed by atoms with E-state index in [1.807, 2.05) is 0 Å². The highest BCUT2D eigenvalue weighted by atomic mass is 16.4. The van der Waals surface area contributed by atoms with E-state index in [9.17, 15) is 9.59 Å². The Kier molecular flexibility index (Phi) is 2.03. The maximum Gasteiger partial charge on any atom is 0.353 e. The predicted molar refractivity (Wildman–Crippen MR) is 42.4 cm³/mol. The van der Waals surface area contributed by atoms with Gasteiger partial charge in [-0.15, -0.1) is 0 Å². The highest BCUT2D eigenvalue weighted by Gasteiger charge is 2.10. The molecule has 1 aromatic heterocycles. The topological polar surface area (TPSA) is 75.1 Å². The summed E-state index contributed by atoms with van der Waals surface area (Å²) in [6.07, 6.45) is 0. The number of hydrogen-bond donors (Lipinski definition) is 2. The Morgan fingerprint density at radius 2 is 2.25 bits per heavy atom. The van der Waals surface area contributed by atoms with Gasteiger partial charge in [0, 0.05) is 12.1 Å². The molecule has 2 N–H and O–H groups in total. The lowest BCUT2D eigenvalue weighted by atomic mass is 10.4. The maximum absolute atomic E-state index is 11.1. The van der Waals surface area contributed by atoms with E-state index in [1.54, 1.807) is 13.8 Å². The fourth-order valence-corrected chi connectivity index (χ4v) is 0.903. The third kappa shape index (κ3) is 1.39. The van der Waals surface area contributed by atoms with E-state index in [2.05, 4.69) is 5.10 Å². The van der Waals surface area contributed by atoms with Gasteiger partial charge in [-0.2, -0.15) is 0 Å². The molecule has 0 saturated heterocycles. The highest BCUT2D eigenvalue weighted by molar-refractivity contribution is 5.84. The molecule has 5 nitrogen and oxygen atoms in total. The van der Waals surface area contributed by atoms with Gasteiger partial charge in [0.05, 0.1) is 0 Å². The molecule has 66 valence electrons. The van der Waals surface area contributed by atoms with Gasteiger partial charge >= 0.3 is 5.97 Å². The molecule has 0 aromatic carbocycles. The summed E-state index contributed by atoms with van der Waals surface area (Å²) in [5, 5.41) is 11.0. The molecular weight excluding hydrogens is 160 g/mol. The molecule has 0 aliphatic carbocycles. The summed E-state index contributed by atoms with van der Waals surface area (Å²) in [7, 11) is 0. The number of rotatable bonds is 2. The fraction of sp³-hybridized carbons (Fsp3) is 0.429. The number of nitrogens with one attached hydrogen (secondary N) is 1. The van der Waals surface area contributed by atoms with Gasteiger partial charge in [0.15, 0.2) is 0 Å². The van der Waals surface area contributed by atoms with Gasteiger partial charge in [0.1, 0.15) is 5.69 Å². The summed E-state index contributed by atoms with van der Waals surface area (Å²) < 4.78 is 1.27. The Labute approximate surface area is 68.6 Å². The zero-order chi connectivity index (χ0) is 9.30. The average Bonchev–Trinajstić information content (AvgIpc) is 2.30. The molecule has 0 saturated carbocycles. The van der Waals surface area contributed by atoms with Crippen molar-refractivity contribution in [2.45, 2.75) is 19.9 Å². The number of hydrogen-bond acceptors (Lipinski definition) is 2. The van der Waals surface area contributed by atoms with Crippen molar-refractivity contribution in [2.24, 2.45) is 0 Å². The number of carboxylic acid groups (broad SMARTS) is 1. The molecule has 0 amide bonds. The smallest absolute Gasteiger partial charge is 0.353 e. The zero-order valence-corrected chi connectivity index (χ0v) is 6.87. The molecule has 12 heavy (non-hydrogen) atoms. The Balaban J connectivity index is 3.18. The van der Waals surface area contributed by atoms with Gasteiger partial charge in [0.25, 0.3) is 5.56 Å². The first-order chi connectivity index (χ1) is 5.52. The minimum atomic E-state index is -1.12. The summed E-state index contributed by atoms with van der Waals surface area (Å²) in [6, 6.07) is 1.02. The van der Waals surface area contributed by atoms with Crippen molar-refractivity contribution in [1.29, 1.82) is 0 Å². The molecule has 1 aromatic rings. The molecule has 0 unspecified atom stereocenters. The summed E-state index contributed by atoms with van der Waals surface area (Å²) in [5.41, 5.74) is -0.392. The molecule has 0 spiro atoms. The van der Waals surface area contributed by atoms with Crippen LogP contribution in [0.1, 0.15) is 30.4 Å². The quantitative estimate of drug-likeness (QED) is 0.676. The predicted octanol–water partition coefficient (Wildman–Crippen LogP) is 0.456. The number of aromatic amines is 1. The van der Waals surface area contributed by atoms with E-state index in [4.69, 9.17) is 5.11 Å². The molecule has 0 fully saturated rings.